The van der Waals surface area contributed by atoms with E-state index in [1.807, 2.05) is 12.2 Å². The van der Waals surface area contributed by atoms with Gasteiger partial charge in [-0.3, -0.25) is 19.2 Å². The minimum atomic E-state index is -1.25. The molecule has 0 aliphatic carbocycles. The van der Waals surface area contributed by atoms with E-state index in [2.05, 4.69) is 12.2 Å². The van der Waals surface area contributed by atoms with Crippen molar-refractivity contribution in [2.75, 3.05) is 32.8 Å². The molecule has 0 unspecified atom stereocenters. The number of amides is 3. The molecule has 2 fully saturated rings. The van der Waals surface area contributed by atoms with Crippen LogP contribution in [0, 0.1) is 11.8 Å². The molecule has 3 amide bonds. The van der Waals surface area contributed by atoms with Crippen molar-refractivity contribution in [3.05, 3.63) is 24.3 Å². The Labute approximate surface area is 218 Å². The average molecular weight is 518 g/mol. The molecule has 1 spiro atoms. The lowest BCUT2D eigenvalue weighted by Crippen LogP contribution is -2.56. The zero-order chi connectivity index (χ0) is 26.6. The van der Waals surface area contributed by atoms with Crippen molar-refractivity contribution in [2.24, 2.45) is 11.8 Å². The molecule has 204 valence electrons. The lowest BCUT2D eigenvalue weighted by atomic mass is 9.74. The Hall–Kier alpha value is -2.72. The molecule has 0 radical (unpaired) electrons. The van der Waals surface area contributed by atoms with Crippen LogP contribution in [0.15, 0.2) is 24.3 Å². The molecule has 10 heteroatoms. The smallest absolute Gasteiger partial charge is 0.313 e. The Balaban J connectivity index is 1.71. The second-order valence-electron chi connectivity index (χ2n) is 10.4. The summed E-state index contributed by atoms with van der Waals surface area (Å²) >= 11 is 0. The van der Waals surface area contributed by atoms with Gasteiger partial charge in [-0.2, -0.15) is 0 Å². The summed E-state index contributed by atoms with van der Waals surface area (Å²) in [5.74, 6) is -3.04. The van der Waals surface area contributed by atoms with Gasteiger partial charge in [-0.05, 0) is 26.2 Å². The van der Waals surface area contributed by atoms with Gasteiger partial charge in [0.1, 0.15) is 23.7 Å². The molecule has 4 aliphatic rings. The molecule has 37 heavy (non-hydrogen) atoms. The standard InChI is InChI=1S/C27H39N3O7/c1-3-4-7-13-29-14-8-5-6-10-20(32)28-17-18(2)36-26(35)21-19-11-12-27(37-19)22(21)24(33)30(15-9-16-31)23(27)25(29)34/h5,8,11-12,18-19,21-23,31H,3-4,6-7,9-10,13-17H2,1-2H3,(H,28,32)/b8-5-/t18-,19+,21-,22-,23+,27-/m0/s1. The number of esters is 1. The third-order valence-corrected chi connectivity index (χ3v) is 7.71. The monoisotopic (exact) mass is 517 g/mol. The van der Waals surface area contributed by atoms with E-state index < -0.39 is 41.7 Å². The first-order valence-corrected chi connectivity index (χ1v) is 13.5. The molecule has 4 rings (SSSR count). The van der Waals surface area contributed by atoms with E-state index in [4.69, 9.17) is 9.47 Å². The lowest BCUT2D eigenvalue weighted by molar-refractivity contribution is -0.158. The van der Waals surface area contributed by atoms with E-state index in [-0.39, 0.29) is 37.4 Å². The Morgan fingerprint density at radius 1 is 1.11 bits per heavy atom. The van der Waals surface area contributed by atoms with E-state index in [0.717, 1.165) is 19.3 Å². The molecule has 4 aliphatic heterocycles. The van der Waals surface area contributed by atoms with E-state index >= 15 is 0 Å². The summed E-state index contributed by atoms with van der Waals surface area (Å²) in [6.45, 7) is 4.88. The van der Waals surface area contributed by atoms with Gasteiger partial charge in [0.05, 0.1) is 18.6 Å². The van der Waals surface area contributed by atoms with E-state index in [0.29, 0.717) is 32.4 Å². The van der Waals surface area contributed by atoms with Gasteiger partial charge in [0.2, 0.25) is 17.7 Å². The highest BCUT2D eigenvalue weighted by molar-refractivity contribution is 5.99. The normalized spacial score (nSPS) is 35.1. The number of fused-ring (bicyclic) bond motifs is 2. The SMILES string of the molecule is CCCCCN1C/C=C\CCC(=O)NC[C@H](C)OC(=O)[C@@H]2[C@H]3C(=O)N(CCCO)[C@H](C1=O)[C@]31C=C[C@H]2O1. The lowest BCUT2D eigenvalue weighted by Gasteiger charge is -2.36. The van der Waals surface area contributed by atoms with Crippen molar-refractivity contribution < 1.29 is 33.8 Å². The number of cyclic esters (lactones) is 1. The number of aliphatic hydroxyl groups excluding tert-OH is 1. The molecule has 4 heterocycles. The first-order valence-electron chi connectivity index (χ1n) is 13.5. The van der Waals surface area contributed by atoms with Crippen LogP contribution in [0.3, 0.4) is 0 Å². The van der Waals surface area contributed by atoms with Crippen LogP contribution in [-0.4, -0.2) is 95.2 Å². The summed E-state index contributed by atoms with van der Waals surface area (Å²) < 4.78 is 12.0. The average Bonchev–Trinajstić information content (AvgIpc) is 3.51. The quantitative estimate of drug-likeness (QED) is 0.292. The summed E-state index contributed by atoms with van der Waals surface area (Å²) in [6.07, 6.45) is 9.97. The summed E-state index contributed by atoms with van der Waals surface area (Å²) in [4.78, 5) is 56.7. The highest BCUT2D eigenvalue weighted by Gasteiger charge is 2.73. The fourth-order valence-corrected chi connectivity index (χ4v) is 5.91. The maximum atomic E-state index is 14.2. The van der Waals surface area contributed by atoms with Gasteiger partial charge in [-0.15, -0.1) is 0 Å². The fourth-order valence-electron chi connectivity index (χ4n) is 5.91. The maximum absolute atomic E-state index is 14.2. The van der Waals surface area contributed by atoms with Crippen molar-refractivity contribution in [3.8, 4) is 0 Å². The summed E-state index contributed by atoms with van der Waals surface area (Å²) in [5, 5.41) is 12.3. The number of unbranched alkanes of at least 4 members (excludes halogenated alkanes) is 2. The molecule has 10 nitrogen and oxygen atoms in total. The van der Waals surface area contributed by atoms with Gasteiger partial charge in [0.25, 0.3) is 0 Å². The van der Waals surface area contributed by atoms with Crippen LogP contribution in [0.1, 0.15) is 52.4 Å². The predicted molar refractivity (Wildman–Crippen MR) is 134 cm³/mol. The second kappa shape index (κ2) is 11.8. The number of ether oxygens (including phenoxy) is 2. The molecule has 0 saturated carbocycles. The number of carbonyl (C=O) groups is 4. The summed E-state index contributed by atoms with van der Waals surface area (Å²) in [7, 11) is 0. The number of hydrogen-bond acceptors (Lipinski definition) is 7. The van der Waals surface area contributed by atoms with Crippen molar-refractivity contribution in [1.29, 1.82) is 0 Å². The fraction of sp³-hybridized carbons (Fsp3) is 0.704. The van der Waals surface area contributed by atoms with Crippen LogP contribution in [0.4, 0.5) is 0 Å². The molecule has 0 aromatic heterocycles. The number of nitrogens with one attached hydrogen (secondary N) is 1. The summed E-state index contributed by atoms with van der Waals surface area (Å²) in [5.41, 5.74) is -1.25. The Bertz CT molecular complexity index is 950. The number of rotatable bonds is 7. The molecule has 6 atom stereocenters. The number of aliphatic hydroxyl groups is 1. The molecule has 2 saturated heterocycles. The van der Waals surface area contributed by atoms with Crippen LogP contribution < -0.4 is 5.32 Å². The molecular weight excluding hydrogens is 478 g/mol. The topological polar surface area (TPSA) is 125 Å². The van der Waals surface area contributed by atoms with Gasteiger partial charge in [0.15, 0.2) is 0 Å². The van der Waals surface area contributed by atoms with Crippen LogP contribution in [0.5, 0.6) is 0 Å². The van der Waals surface area contributed by atoms with Gasteiger partial charge < -0.3 is 29.7 Å². The van der Waals surface area contributed by atoms with Crippen LogP contribution >= 0.6 is 0 Å². The predicted octanol–water partition coefficient (Wildman–Crippen LogP) is 0.936. The van der Waals surface area contributed by atoms with Gasteiger partial charge in [-0.1, -0.05) is 44.1 Å². The minimum absolute atomic E-state index is 0.126. The number of allylic oxidation sites excluding steroid dienone is 1. The van der Waals surface area contributed by atoms with Gasteiger partial charge in [-0.25, -0.2) is 0 Å². The zero-order valence-corrected chi connectivity index (χ0v) is 21.8. The largest absolute Gasteiger partial charge is 0.460 e. The van der Waals surface area contributed by atoms with Crippen LogP contribution in [-0.2, 0) is 28.7 Å². The second-order valence-corrected chi connectivity index (χ2v) is 10.4. The molecule has 2 N–H and O–H groups in total. The zero-order valence-electron chi connectivity index (χ0n) is 21.8. The molecule has 5 bridgehead atoms. The first kappa shape index (κ1) is 27.3. The van der Waals surface area contributed by atoms with Crippen molar-refractivity contribution >= 4 is 23.7 Å². The third kappa shape index (κ3) is 5.31. The first-order chi connectivity index (χ1) is 17.8. The van der Waals surface area contributed by atoms with Crippen molar-refractivity contribution in [1.82, 2.24) is 15.1 Å². The Morgan fingerprint density at radius 2 is 1.92 bits per heavy atom. The Kier molecular flexibility index (Phi) is 8.69. The number of nitrogens with zero attached hydrogens (tertiary/aromatic N) is 2. The molecular formula is C27H39N3O7. The Morgan fingerprint density at radius 3 is 2.68 bits per heavy atom. The van der Waals surface area contributed by atoms with E-state index in [1.54, 1.807) is 24.0 Å². The summed E-state index contributed by atoms with van der Waals surface area (Å²) in [6, 6.07) is -0.929. The van der Waals surface area contributed by atoms with Crippen molar-refractivity contribution in [2.45, 2.75) is 76.2 Å². The third-order valence-electron chi connectivity index (χ3n) is 7.71. The minimum Gasteiger partial charge on any atom is -0.460 e. The number of likely N-dealkylation sites (tertiary alicyclic amines) is 1. The van der Waals surface area contributed by atoms with Crippen molar-refractivity contribution in [3.63, 3.8) is 0 Å². The van der Waals surface area contributed by atoms with E-state index in [1.165, 1.54) is 4.90 Å². The maximum Gasteiger partial charge on any atom is 0.313 e. The van der Waals surface area contributed by atoms with E-state index in [9.17, 15) is 24.3 Å². The van der Waals surface area contributed by atoms with Gasteiger partial charge >= 0.3 is 5.97 Å². The molecule has 0 aromatic rings. The molecule has 0 aromatic carbocycles. The van der Waals surface area contributed by atoms with Crippen LogP contribution in [0.25, 0.3) is 0 Å². The highest BCUT2D eigenvalue weighted by atomic mass is 16.6. The van der Waals surface area contributed by atoms with Gasteiger partial charge in [0, 0.05) is 32.7 Å². The number of carbonyl (C=O) groups excluding carboxylic acids is 4. The highest BCUT2D eigenvalue weighted by Crippen LogP contribution is 2.55. The number of hydrogen-bond donors (Lipinski definition) is 2. The van der Waals surface area contributed by atoms with Crippen LogP contribution in [0.2, 0.25) is 0 Å².